The Morgan fingerprint density at radius 3 is 2.88 bits per heavy atom. The van der Waals surface area contributed by atoms with Crippen LogP contribution in [0.4, 0.5) is 5.69 Å². The van der Waals surface area contributed by atoms with E-state index >= 15 is 0 Å². The molecule has 25 heavy (non-hydrogen) atoms. The molecule has 2 aromatic heterocycles. The number of thiazole rings is 1. The van der Waals surface area contributed by atoms with Crippen molar-refractivity contribution in [2.45, 2.75) is 20.4 Å². The lowest BCUT2D eigenvalue weighted by Gasteiger charge is -2.10. The van der Waals surface area contributed by atoms with Crippen LogP contribution in [0.5, 0.6) is 0 Å². The normalized spacial score (nSPS) is 11.3. The fourth-order valence-corrected chi connectivity index (χ4v) is 3.87. The zero-order valence-corrected chi connectivity index (χ0v) is 15.3. The van der Waals surface area contributed by atoms with E-state index in [0.29, 0.717) is 17.2 Å². The molecule has 0 spiro atoms. The first-order chi connectivity index (χ1) is 12.0. The molecule has 0 aliphatic rings. The third-order valence-corrected chi connectivity index (χ3v) is 5.43. The van der Waals surface area contributed by atoms with Gasteiger partial charge in [-0.3, -0.25) is 0 Å². The molecule has 126 valence electrons. The summed E-state index contributed by atoms with van der Waals surface area (Å²) in [7, 11) is 0. The van der Waals surface area contributed by atoms with Crippen molar-refractivity contribution in [2.75, 3.05) is 5.32 Å². The molecule has 0 fully saturated rings. The van der Waals surface area contributed by atoms with Crippen molar-refractivity contribution in [2.24, 2.45) is 0 Å². The van der Waals surface area contributed by atoms with Gasteiger partial charge in [0.25, 0.3) is 0 Å². The molecule has 0 aliphatic heterocycles. The number of aryl methyl sites for hydroxylation is 2. The molecule has 0 amide bonds. The zero-order chi connectivity index (χ0) is 17.6. The van der Waals surface area contributed by atoms with E-state index in [2.05, 4.69) is 16.4 Å². The highest BCUT2D eigenvalue weighted by molar-refractivity contribution is 7.18. The monoisotopic (exact) mass is 370 g/mol. The summed E-state index contributed by atoms with van der Waals surface area (Å²) in [5, 5.41) is 5.92. The van der Waals surface area contributed by atoms with Gasteiger partial charge in [0.15, 0.2) is 0 Å². The Balaban J connectivity index is 1.69. The molecular formula is C19H15ClN2O2S. The molecule has 4 rings (SSSR count). The fraction of sp³-hybridized carbons (Fsp3) is 0.158. The van der Waals surface area contributed by atoms with Gasteiger partial charge in [0.1, 0.15) is 5.58 Å². The number of halogens is 1. The molecule has 0 radical (unpaired) electrons. The number of aromatic nitrogens is 1. The van der Waals surface area contributed by atoms with Crippen LogP contribution in [-0.4, -0.2) is 4.98 Å². The molecule has 0 unspecified atom stereocenters. The molecule has 4 nitrogen and oxygen atoms in total. The van der Waals surface area contributed by atoms with Gasteiger partial charge in [0.05, 0.1) is 15.2 Å². The zero-order valence-electron chi connectivity index (χ0n) is 13.7. The molecule has 2 heterocycles. The second-order valence-electron chi connectivity index (χ2n) is 5.96. The summed E-state index contributed by atoms with van der Waals surface area (Å²) < 4.78 is 6.44. The number of hydrogen-bond donors (Lipinski definition) is 1. The molecule has 0 bridgehead atoms. The van der Waals surface area contributed by atoms with Crippen LogP contribution in [0.15, 0.2) is 45.6 Å². The summed E-state index contributed by atoms with van der Waals surface area (Å²) in [5.41, 5.74) is 3.92. The molecule has 1 N–H and O–H groups in total. The Morgan fingerprint density at radius 1 is 1.20 bits per heavy atom. The van der Waals surface area contributed by atoms with Crippen LogP contribution in [0.1, 0.15) is 16.1 Å². The van der Waals surface area contributed by atoms with E-state index in [1.54, 1.807) is 17.4 Å². The van der Waals surface area contributed by atoms with Crippen LogP contribution in [0.2, 0.25) is 5.02 Å². The molecule has 0 saturated carbocycles. The summed E-state index contributed by atoms with van der Waals surface area (Å²) in [6.07, 6.45) is 0. The summed E-state index contributed by atoms with van der Waals surface area (Å²) >= 11 is 7.90. The standard InChI is InChI=1S/C19H15ClN2O2S/c1-10-5-17-14(8-15(10)20)12(6-19(23)24-17)9-21-13-3-4-16-18(7-13)25-11(2)22-16/h3-8,21H,9H2,1-2H3. The van der Waals surface area contributed by atoms with Gasteiger partial charge < -0.3 is 9.73 Å². The van der Waals surface area contributed by atoms with Crippen LogP contribution in [0, 0.1) is 13.8 Å². The summed E-state index contributed by atoms with van der Waals surface area (Å²) in [5.74, 6) is 0. The first-order valence-electron chi connectivity index (χ1n) is 7.83. The van der Waals surface area contributed by atoms with Crippen LogP contribution in [0.3, 0.4) is 0 Å². The average molecular weight is 371 g/mol. The van der Waals surface area contributed by atoms with Crippen molar-refractivity contribution in [3.8, 4) is 0 Å². The number of rotatable bonds is 3. The Morgan fingerprint density at radius 2 is 2.04 bits per heavy atom. The lowest BCUT2D eigenvalue weighted by molar-refractivity contribution is 0.559. The summed E-state index contributed by atoms with van der Waals surface area (Å²) in [4.78, 5) is 16.3. The molecule has 0 aliphatic carbocycles. The predicted octanol–water partition coefficient (Wildman–Crippen LogP) is 5.29. The highest BCUT2D eigenvalue weighted by Crippen LogP contribution is 2.27. The minimum Gasteiger partial charge on any atom is -0.423 e. The van der Waals surface area contributed by atoms with Crippen molar-refractivity contribution in [1.82, 2.24) is 4.98 Å². The van der Waals surface area contributed by atoms with Gasteiger partial charge in [0, 0.05) is 28.7 Å². The van der Waals surface area contributed by atoms with Crippen LogP contribution in [0.25, 0.3) is 21.2 Å². The van der Waals surface area contributed by atoms with Crippen molar-refractivity contribution in [3.63, 3.8) is 0 Å². The number of nitrogens with one attached hydrogen (secondary N) is 1. The van der Waals surface area contributed by atoms with Gasteiger partial charge in [-0.1, -0.05) is 11.6 Å². The highest BCUT2D eigenvalue weighted by atomic mass is 35.5. The second-order valence-corrected chi connectivity index (χ2v) is 7.60. The van der Waals surface area contributed by atoms with Crippen molar-refractivity contribution >= 4 is 49.8 Å². The first-order valence-corrected chi connectivity index (χ1v) is 9.03. The number of fused-ring (bicyclic) bond motifs is 2. The number of benzene rings is 2. The summed E-state index contributed by atoms with van der Waals surface area (Å²) in [6.45, 7) is 4.39. The third kappa shape index (κ3) is 3.13. The van der Waals surface area contributed by atoms with Crippen molar-refractivity contribution in [1.29, 1.82) is 0 Å². The maximum atomic E-state index is 11.9. The number of hydrogen-bond acceptors (Lipinski definition) is 5. The molecule has 6 heteroatoms. The lowest BCUT2D eigenvalue weighted by Crippen LogP contribution is -2.06. The number of anilines is 1. The first kappa shape index (κ1) is 16.1. The van der Waals surface area contributed by atoms with E-state index in [1.807, 2.05) is 32.0 Å². The summed E-state index contributed by atoms with van der Waals surface area (Å²) in [6, 6.07) is 11.2. The van der Waals surface area contributed by atoms with Gasteiger partial charge >= 0.3 is 5.63 Å². The Bertz CT molecular complexity index is 1160. The fourth-order valence-electron chi connectivity index (χ4n) is 2.84. The van der Waals surface area contributed by atoms with Gasteiger partial charge in [0.2, 0.25) is 0 Å². The minimum atomic E-state index is -0.362. The van der Waals surface area contributed by atoms with Crippen LogP contribution < -0.4 is 10.9 Å². The molecule has 4 aromatic rings. The van der Waals surface area contributed by atoms with Gasteiger partial charge in [-0.05, 0) is 55.3 Å². The Labute approximate surface area is 153 Å². The quantitative estimate of drug-likeness (QED) is 0.498. The third-order valence-electron chi connectivity index (χ3n) is 4.09. The largest absolute Gasteiger partial charge is 0.423 e. The van der Waals surface area contributed by atoms with Crippen molar-refractivity contribution < 1.29 is 4.42 Å². The highest BCUT2D eigenvalue weighted by Gasteiger charge is 2.09. The van der Waals surface area contributed by atoms with E-state index in [9.17, 15) is 4.79 Å². The SMILES string of the molecule is Cc1nc2ccc(NCc3cc(=O)oc4cc(C)c(Cl)cc34)cc2s1. The predicted molar refractivity (Wildman–Crippen MR) is 104 cm³/mol. The van der Waals surface area contributed by atoms with Gasteiger partial charge in [-0.2, -0.15) is 0 Å². The Hall–Kier alpha value is -2.37. The van der Waals surface area contributed by atoms with Crippen LogP contribution >= 0.6 is 22.9 Å². The smallest absolute Gasteiger partial charge is 0.336 e. The minimum absolute atomic E-state index is 0.362. The van der Waals surface area contributed by atoms with Crippen molar-refractivity contribution in [3.05, 3.63) is 68.0 Å². The average Bonchev–Trinajstić information content (AvgIpc) is 2.93. The van der Waals surface area contributed by atoms with E-state index < -0.39 is 0 Å². The van der Waals surface area contributed by atoms with Crippen LogP contribution in [-0.2, 0) is 6.54 Å². The number of nitrogens with zero attached hydrogens (tertiary/aromatic N) is 1. The van der Waals surface area contributed by atoms with E-state index in [1.165, 1.54) is 6.07 Å². The van der Waals surface area contributed by atoms with E-state index in [4.69, 9.17) is 16.0 Å². The molecular weight excluding hydrogens is 356 g/mol. The Kier molecular flexibility index (Phi) is 3.98. The second kappa shape index (κ2) is 6.17. The van der Waals surface area contributed by atoms with E-state index in [0.717, 1.165) is 37.4 Å². The molecule has 2 aromatic carbocycles. The van der Waals surface area contributed by atoms with Gasteiger partial charge in [-0.25, -0.2) is 9.78 Å². The molecule has 0 atom stereocenters. The maximum absolute atomic E-state index is 11.9. The van der Waals surface area contributed by atoms with E-state index in [-0.39, 0.29) is 5.63 Å². The molecule has 0 saturated heterocycles. The van der Waals surface area contributed by atoms with Gasteiger partial charge in [-0.15, -0.1) is 11.3 Å². The lowest BCUT2D eigenvalue weighted by atomic mass is 10.1. The maximum Gasteiger partial charge on any atom is 0.336 e. The topological polar surface area (TPSA) is 55.1 Å².